The number of nitrogens with two attached hydrogens (primary N) is 1. The summed E-state index contributed by atoms with van der Waals surface area (Å²) in [6.07, 6.45) is -4.66. The maximum Gasteiger partial charge on any atom is 0.418 e. The highest BCUT2D eigenvalue weighted by molar-refractivity contribution is 7.89. The minimum atomic E-state index is -4.66. The Bertz CT molecular complexity index is 986. The number of hydrogen-bond acceptors (Lipinski definition) is 3. The van der Waals surface area contributed by atoms with Crippen molar-refractivity contribution in [1.29, 1.82) is 0 Å². The predicted molar refractivity (Wildman–Crippen MR) is 97.7 cm³/mol. The predicted octanol–water partition coefficient (Wildman–Crippen LogP) is 4.34. The van der Waals surface area contributed by atoms with Crippen LogP contribution in [0.3, 0.4) is 0 Å². The molecule has 0 heterocycles. The lowest BCUT2D eigenvalue weighted by molar-refractivity contribution is -0.137. The number of alkyl halides is 3. The second-order valence-corrected chi connectivity index (χ2v) is 9.15. The van der Waals surface area contributed by atoms with Crippen molar-refractivity contribution < 1.29 is 26.0 Å². The maximum atomic E-state index is 13.2. The topological polar surface area (TPSA) is 72.2 Å². The summed E-state index contributed by atoms with van der Waals surface area (Å²) in [6.45, 7) is 4.25. The van der Waals surface area contributed by atoms with E-state index in [1.165, 1.54) is 12.1 Å². The lowest BCUT2D eigenvalue weighted by Crippen LogP contribution is -2.14. The summed E-state index contributed by atoms with van der Waals surface area (Å²) < 4.78 is 75.4. The molecular weight excluding hydrogens is 396 g/mol. The van der Waals surface area contributed by atoms with Gasteiger partial charge >= 0.3 is 6.18 Å². The van der Waals surface area contributed by atoms with Crippen molar-refractivity contribution in [3.8, 4) is 0 Å². The number of nitrogens with one attached hydrogen (secondary N) is 1. The molecule has 1 saturated carbocycles. The summed E-state index contributed by atoms with van der Waals surface area (Å²) in [4.78, 5) is 0.00510. The molecule has 0 aliphatic heterocycles. The molecule has 0 spiro atoms. The zero-order valence-corrected chi connectivity index (χ0v) is 16.0. The third-order valence-corrected chi connectivity index (χ3v) is 6.35. The third-order valence-electron chi connectivity index (χ3n) is 5.42. The number of halogens is 4. The second-order valence-electron chi connectivity index (χ2n) is 7.59. The van der Waals surface area contributed by atoms with Crippen molar-refractivity contribution in [2.45, 2.75) is 30.8 Å². The van der Waals surface area contributed by atoms with Crippen LogP contribution in [0.1, 0.15) is 30.9 Å². The lowest BCUT2D eigenvalue weighted by atomic mass is 10.0. The van der Waals surface area contributed by atoms with Crippen LogP contribution in [0.15, 0.2) is 47.4 Å². The molecule has 4 nitrogen and oxygen atoms in total. The monoisotopic (exact) mass is 416 g/mol. The number of rotatable bonds is 5. The van der Waals surface area contributed by atoms with Gasteiger partial charge in [0, 0.05) is 12.2 Å². The van der Waals surface area contributed by atoms with Gasteiger partial charge in [0.2, 0.25) is 10.0 Å². The van der Waals surface area contributed by atoms with Crippen molar-refractivity contribution in [3.05, 3.63) is 59.4 Å². The maximum absolute atomic E-state index is 13.2. The Kier molecular flexibility index (Phi) is 4.95. The Labute approximate surface area is 160 Å². The average molecular weight is 416 g/mol. The molecule has 0 aromatic heterocycles. The summed E-state index contributed by atoms with van der Waals surface area (Å²) in [7, 11) is -3.79. The van der Waals surface area contributed by atoms with Crippen LogP contribution >= 0.6 is 0 Å². The molecule has 1 aliphatic carbocycles. The zero-order valence-electron chi connectivity index (χ0n) is 15.2. The van der Waals surface area contributed by atoms with E-state index in [-0.39, 0.29) is 34.4 Å². The van der Waals surface area contributed by atoms with E-state index in [4.69, 9.17) is 5.14 Å². The van der Waals surface area contributed by atoms with Crippen LogP contribution in [-0.4, -0.2) is 15.0 Å². The van der Waals surface area contributed by atoms with Gasteiger partial charge < -0.3 is 5.32 Å². The first kappa shape index (κ1) is 20.6. The molecule has 0 amide bonds. The Morgan fingerprint density at radius 1 is 1.11 bits per heavy atom. The smallest absolute Gasteiger partial charge is 0.384 e. The van der Waals surface area contributed by atoms with Gasteiger partial charge in [0.15, 0.2) is 0 Å². The first-order chi connectivity index (χ1) is 12.8. The van der Waals surface area contributed by atoms with Crippen LogP contribution in [0.5, 0.6) is 0 Å². The minimum Gasteiger partial charge on any atom is -0.384 e. The molecule has 2 aromatic carbocycles. The van der Waals surface area contributed by atoms with Crippen LogP contribution in [0.2, 0.25) is 0 Å². The van der Waals surface area contributed by atoms with E-state index in [0.29, 0.717) is 6.07 Å². The Morgan fingerprint density at radius 2 is 1.71 bits per heavy atom. The number of sulfonamides is 1. The molecule has 28 heavy (non-hydrogen) atoms. The highest BCUT2D eigenvalue weighted by Crippen LogP contribution is 2.64. The van der Waals surface area contributed by atoms with E-state index < -0.39 is 27.6 Å². The van der Waals surface area contributed by atoms with Crippen molar-refractivity contribution in [3.63, 3.8) is 0 Å². The van der Waals surface area contributed by atoms with Crippen LogP contribution in [-0.2, 0) is 16.2 Å². The average Bonchev–Trinajstić information content (AvgIpc) is 3.13. The van der Waals surface area contributed by atoms with Gasteiger partial charge in [-0.1, -0.05) is 26.0 Å². The number of primary sulfonamides is 1. The number of hydrogen-bond donors (Lipinski definition) is 2. The fourth-order valence-electron chi connectivity index (χ4n) is 3.78. The largest absolute Gasteiger partial charge is 0.418 e. The normalized spacial score (nSPS) is 21.4. The second kappa shape index (κ2) is 6.73. The Balaban J connectivity index is 1.76. The van der Waals surface area contributed by atoms with E-state index in [2.05, 4.69) is 5.32 Å². The molecule has 0 radical (unpaired) electrons. The zero-order chi connectivity index (χ0) is 20.9. The first-order valence-corrected chi connectivity index (χ1v) is 10.1. The van der Waals surface area contributed by atoms with E-state index in [1.807, 2.05) is 13.8 Å². The van der Waals surface area contributed by atoms with Gasteiger partial charge in [-0.3, -0.25) is 0 Å². The molecule has 2 atom stereocenters. The van der Waals surface area contributed by atoms with E-state index in [1.54, 1.807) is 12.1 Å². The third kappa shape index (κ3) is 4.00. The molecule has 3 N–H and O–H groups in total. The van der Waals surface area contributed by atoms with Crippen molar-refractivity contribution in [2.75, 3.05) is 11.9 Å². The van der Waals surface area contributed by atoms with Gasteiger partial charge in [-0.15, -0.1) is 0 Å². The van der Waals surface area contributed by atoms with Crippen LogP contribution in [0.25, 0.3) is 0 Å². The van der Waals surface area contributed by atoms with E-state index in [9.17, 15) is 26.0 Å². The highest BCUT2D eigenvalue weighted by atomic mass is 32.2. The van der Waals surface area contributed by atoms with Crippen molar-refractivity contribution >= 4 is 15.7 Å². The van der Waals surface area contributed by atoms with Gasteiger partial charge in [-0.25, -0.2) is 17.9 Å². The van der Waals surface area contributed by atoms with Gasteiger partial charge in [-0.2, -0.15) is 13.2 Å². The molecule has 3 rings (SSSR count). The Morgan fingerprint density at radius 3 is 2.25 bits per heavy atom. The van der Waals surface area contributed by atoms with Crippen LogP contribution in [0.4, 0.5) is 23.2 Å². The first-order valence-electron chi connectivity index (χ1n) is 8.55. The standard InChI is InChI=1S/C19H20F4N2O2S/c1-18(2)15(17(18)11-3-6-13(7-4-11)28(24,26)27)10-25-16-8-5-12(20)9-14(16)19(21,22)23/h3-9,15,17,25H,10H2,1-2H3,(H2,24,26,27). The summed E-state index contributed by atoms with van der Waals surface area (Å²) in [5.41, 5.74) is -0.506. The molecule has 1 aliphatic rings. The molecule has 2 aromatic rings. The molecule has 0 saturated heterocycles. The summed E-state index contributed by atoms with van der Waals surface area (Å²) in [6, 6.07) is 8.74. The summed E-state index contributed by atoms with van der Waals surface area (Å²) in [5, 5.41) is 7.89. The summed E-state index contributed by atoms with van der Waals surface area (Å²) >= 11 is 0. The summed E-state index contributed by atoms with van der Waals surface area (Å²) in [5.74, 6) is -0.874. The quantitative estimate of drug-likeness (QED) is 0.712. The fraction of sp³-hybridized carbons (Fsp3) is 0.368. The van der Waals surface area contributed by atoms with E-state index in [0.717, 1.165) is 17.7 Å². The molecule has 1 fully saturated rings. The van der Waals surface area contributed by atoms with Crippen LogP contribution in [0, 0.1) is 17.2 Å². The van der Waals surface area contributed by atoms with Gasteiger partial charge in [0.05, 0.1) is 10.5 Å². The van der Waals surface area contributed by atoms with Gasteiger partial charge in [0.1, 0.15) is 5.82 Å². The fourth-order valence-corrected chi connectivity index (χ4v) is 4.29. The Hall–Kier alpha value is -2.13. The molecule has 0 bridgehead atoms. The lowest BCUT2D eigenvalue weighted by Gasteiger charge is -2.15. The van der Waals surface area contributed by atoms with Gasteiger partial charge in [0.25, 0.3) is 0 Å². The van der Waals surface area contributed by atoms with E-state index >= 15 is 0 Å². The molecule has 2 unspecified atom stereocenters. The molecule has 9 heteroatoms. The SMILES string of the molecule is CC1(C)C(CNc2ccc(F)cc2C(F)(F)F)C1c1ccc(S(N)(=O)=O)cc1. The van der Waals surface area contributed by atoms with Crippen LogP contribution < -0.4 is 10.5 Å². The minimum absolute atomic E-state index is 0.00510. The van der Waals surface area contributed by atoms with Gasteiger partial charge in [-0.05, 0) is 53.1 Å². The van der Waals surface area contributed by atoms with Crippen molar-refractivity contribution in [2.24, 2.45) is 16.5 Å². The van der Waals surface area contributed by atoms with Crippen molar-refractivity contribution in [1.82, 2.24) is 0 Å². The molecule has 152 valence electrons. The number of anilines is 1. The highest BCUT2D eigenvalue weighted by Gasteiger charge is 2.57. The molecular formula is C19H20F4N2O2S. The number of benzene rings is 2.